The van der Waals surface area contributed by atoms with Crippen LogP contribution in [0.4, 0.5) is 0 Å². The Morgan fingerprint density at radius 3 is 2.53 bits per heavy atom. The molecular weight excluding hydrogens is 384 g/mol. The molecule has 1 heterocycles. The van der Waals surface area contributed by atoms with Crippen molar-refractivity contribution < 1.29 is 23.9 Å². The van der Waals surface area contributed by atoms with Gasteiger partial charge in [-0.1, -0.05) is 30.3 Å². The van der Waals surface area contributed by atoms with Crippen LogP contribution in [0, 0.1) is 0 Å². The van der Waals surface area contributed by atoms with Crippen LogP contribution in [0.2, 0.25) is 0 Å². The highest BCUT2D eigenvalue weighted by molar-refractivity contribution is 6.02. The Bertz CT molecular complexity index is 969. The van der Waals surface area contributed by atoms with Gasteiger partial charge in [0.15, 0.2) is 5.78 Å². The van der Waals surface area contributed by atoms with Gasteiger partial charge in [0.1, 0.15) is 12.4 Å². The number of ether oxygens (including phenoxy) is 2. The molecule has 2 aromatic carbocycles. The molecule has 1 aliphatic heterocycles. The fourth-order valence-electron chi connectivity index (χ4n) is 3.15. The monoisotopic (exact) mass is 408 g/mol. The Morgan fingerprint density at radius 1 is 1.07 bits per heavy atom. The van der Waals surface area contributed by atoms with E-state index in [4.69, 9.17) is 9.47 Å². The Kier molecular flexibility index (Phi) is 6.95. The van der Waals surface area contributed by atoms with E-state index in [0.717, 1.165) is 11.3 Å². The molecule has 0 atom stereocenters. The summed E-state index contributed by atoms with van der Waals surface area (Å²) in [6.45, 7) is 1.94. The molecule has 2 aromatic rings. The van der Waals surface area contributed by atoms with Crippen molar-refractivity contribution in [2.75, 3.05) is 13.7 Å². The largest absolute Gasteiger partial charge is 0.496 e. The second-order valence-electron chi connectivity index (χ2n) is 6.92. The molecule has 1 amide bonds. The molecule has 0 saturated carbocycles. The molecule has 7 heteroatoms. The minimum absolute atomic E-state index is 0.0228. The number of carbonyl (C=O) groups is 3. The van der Waals surface area contributed by atoms with Crippen LogP contribution in [0.25, 0.3) is 0 Å². The van der Waals surface area contributed by atoms with Crippen LogP contribution in [-0.2, 0) is 20.9 Å². The third-order valence-electron chi connectivity index (χ3n) is 4.82. The van der Waals surface area contributed by atoms with Crippen LogP contribution in [0.3, 0.4) is 0 Å². The number of amides is 1. The zero-order valence-electron chi connectivity index (χ0n) is 17.1. The number of rotatable bonds is 8. The third-order valence-corrected chi connectivity index (χ3v) is 4.82. The molecule has 156 valence electrons. The van der Waals surface area contributed by atoms with Crippen molar-refractivity contribution in [1.29, 1.82) is 0 Å². The summed E-state index contributed by atoms with van der Waals surface area (Å²) < 4.78 is 10.5. The van der Waals surface area contributed by atoms with Crippen molar-refractivity contribution in [3.8, 4) is 5.75 Å². The van der Waals surface area contributed by atoms with Gasteiger partial charge in [0.25, 0.3) is 0 Å². The second-order valence-corrected chi connectivity index (χ2v) is 6.92. The van der Waals surface area contributed by atoms with Gasteiger partial charge in [-0.25, -0.2) is 5.01 Å². The van der Waals surface area contributed by atoms with Crippen molar-refractivity contribution in [2.45, 2.75) is 32.8 Å². The van der Waals surface area contributed by atoms with Crippen LogP contribution < -0.4 is 4.74 Å². The van der Waals surface area contributed by atoms with Crippen LogP contribution in [0.5, 0.6) is 5.75 Å². The highest BCUT2D eigenvalue weighted by Crippen LogP contribution is 2.21. The first kappa shape index (κ1) is 21.2. The fraction of sp³-hybridized carbons (Fsp3) is 0.304. The molecule has 0 N–H and O–H groups in total. The first-order valence-electron chi connectivity index (χ1n) is 9.74. The lowest BCUT2D eigenvalue weighted by molar-refractivity contribution is -0.147. The van der Waals surface area contributed by atoms with E-state index in [1.54, 1.807) is 18.2 Å². The number of esters is 1. The van der Waals surface area contributed by atoms with Crippen molar-refractivity contribution >= 4 is 23.4 Å². The van der Waals surface area contributed by atoms with Gasteiger partial charge < -0.3 is 9.47 Å². The van der Waals surface area contributed by atoms with Gasteiger partial charge in [-0.15, -0.1) is 0 Å². The maximum Gasteiger partial charge on any atom is 0.306 e. The predicted molar refractivity (Wildman–Crippen MR) is 111 cm³/mol. The van der Waals surface area contributed by atoms with Crippen LogP contribution in [0.1, 0.15) is 47.7 Å². The van der Waals surface area contributed by atoms with Crippen LogP contribution >= 0.6 is 0 Å². The number of methoxy groups -OCH3 is 1. The van der Waals surface area contributed by atoms with Gasteiger partial charge in [0.05, 0.1) is 25.8 Å². The van der Waals surface area contributed by atoms with Crippen LogP contribution in [0.15, 0.2) is 53.6 Å². The molecule has 0 saturated heterocycles. The Labute approximate surface area is 175 Å². The average molecular weight is 408 g/mol. The smallest absolute Gasteiger partial charge is 0.306 e. The number of hydrogen-bond acceptors (Lipinski definition) is 6. The first-order chi connectivity index (χ1) is 14.5. The Morgan fingerprint density at radius 2 is 1.83 bits per heavy atom. The van der Waals surface area contributed by atoms with Crippen LogP contribution in [-0.4, -0.2) is 42.0 Å². The third kappa shape index (κ3) is 5.31. The molecule has 0 spiro atoms. The Hall–Kier alpha value is -3.48. The van der Waals surface area contributed by atoms with Gasteiger partial charge in [0.2, 0.25) is 5.91 Å². The fourth-order valence-corrected chi connectivity index (χ4v) is 3.15. The minimum atomic E-state index is -0.495. The molecule has 1 aliphatic rings. The summed E-state index contributed by atoms with van der Waals surface area (Å²) in [5, 5.41) is 5.79. The normalized spacial score (nSPS) is 13.0. The number of benzene rings is 2. The number of hydrazone groups is 1. The highest BCUT2D eigenvalue weighted by atomic mass is 16.5. The quantitative estimate of drug-likeness (QED) is 0.494. The van der Waals surface area contributed by atoms with Gasteiger partial charge >= 0.3 is 5.97 Å². The van der Waals surface area contributed by atoms with Gasteiger partial charge in [-0.05, 0) is 30.7 Å². The zero-order chi connectivity index (χ0) is 21.5. The van der Waals surface area contributed by atoms with E-state index < -0.39 is 5.97 Å². The van der Waals surface area contributed by atoms with Crippen molar-refractivity contribution in [3.05, 3.63) is 65.2 Å². The zero-order valence-corrected chi connectivity index (χ0v) is 17.1. The summed E-state index contributed by atoms with van der Waals surface area (Å²) in [6.07, 6.45) is 0.668. The molecule has 7 nitrogen and oxygen atoms in total. The highest BCUT2D eigenvalue weighted by Gasteiger charge is 2.22. The van der Waals surface area contributed by atoms with E-state index in [0.29, 0.717) is 29.8 Å². The van der Waals surface area contributed by atoms with Gasteiger partial charge in [-0.3, -0.25) is 14.4 Å². The molecule has 0 aliphatic carbocycles. The first-order valence-corrected chi connectivity index (χ1v) is 9.74. The molecule has 0 aromatic heterocycles. The lowest BCUT2D eigenvalue weighted by Gasteiger charge is -2.12. The molecule has 0 bridgehead atoms. The van der Waals surface area contributed by atoms with E-state index >= 15 is 0 Å². The summed E-state index contributed by atoms with van der Waals surface area (Å²) in [5.41, 5.74) is 2.97. The number of hydrogen-bond donors (Lipinski definition) is 0. The maximum absolute atomic E-state index is 12.4. The lowest BCUT2D eigenvalue weighted by atomic mass is 10.1. The van der Waals surface area contributed by atoms with Crippen molar-refractivity contribution in [3.63, 3.8) is 0 Å². The van der Waals surface area contributed by atoms with E-state index in [2.05, 4.69) is 5.10 Å². The summed E-state index contributed by atoms with van der Waals surface area (Å²) in [4.78, 5) is 36.0. The average Bonchev–Trinajstić information content (AvgIpc) is 3.26. The SMILES string of the molecule is COc1ccc(C(C)=O)cc1COC(=O)CCC(=O)N1CCC(c2ccccc2)=N1. The summed E-state index contributed by atoms with van der Waals surface area (Å²) >= 11 is 0. The predicted octanol–water partition coefficient (Wildman–Crippen LogP) is 3.36. The van der Waals surface area contributed by atoms with Crippen molar-refractivity contribution in [1.82, 2.24) is 5.01 Å². The summed E-state index contributed by atoms with van der Waals surface area (Å²) in [7, 11) is 1.51. The Balaban J connectivity index is 1.50. The molecule has 0 fully saturated rings. The lowest BCUT2D eigenvalue weighted by Crippen LogP contribution is -2.24. The number of ketones is 1. The molecule has 30 heavy (non-hydrogen) atoms. The summed E-state index contributed by atoms with van der Waals surface area (Å²) in [5.74, 6) is -0.264. The van der Waals surface area contributed by atoms with E-state index in [9.17, 15) is 14.4 Å². The minimum Gasteiger partial charge on any atom is -0.496 e. The number of carbonyl (C=O) groups excluding carboxylic acids is 3. The molecule has 3 rings (SSSR count). The molecular formula is C23H24N2O5. The molecule has 0 unspecified atom stereocenters. The van der Waals surface area contributed by atoms with Gasteiger partial charge in [-0.2, -0.15) is 5.10 Å². The summed E-state index contributed by atoms with van der Waals surface area (Å²) in [6, 6.07) is 14.7. The topological polar surface area (TPSA) is 85.3 Å². The van der Waals surface area contributed by atoms with Gasteiger partial charge in [0, 0.05) is 24.0 Å². The van der Waals surface area contributed by atoms with E-state index in [1.807, 2.05) is 30.3 Å². The van der Waals surface area contributed by atoms with Crippen molar-refractivity contribution in [2.24, 2.45) is 5.10 Å². The number of nitrogens with zero attached hydrogens (tertiary/aromatic N) is 2. The van der Waals surface area contributed by atoms with E-state index in [-0.39, 0.29) is 31.1 Å². The number of Topliss-reactive ketones (excluding diaryl/α,β-unsaturated/α-hetero) is 1. The standard InChI is InChI=1S/C23H24N2O5/c1-16(26)18-8-9-21(29-2)19(14-18)15-30-23(28)11-10-22(27)25-13-12-20(24-25)17-6-4-3-5-7-17/h3-9,14H,10-13,15H2,1-2H3. The molecule has 0 radical (unpaired) electrons. The maximum atomic E-state index is 12.4. The second kappa shape index (κ2) is 9.82. The van der Waals surface area contributed by atoms with E-state index in [1.165, 1.54) is 19.0 Å².